The van der Waals surface area contributed by atoms with Crippen molar-refractivity contribution in [3.05, 3.63) is 65.7 Å². The zero-order valence-corrected chi connectivity index (χ0v) is 15.7. The van der Waals surface area contributed by atoms with Gasteiger partial charge in [-0.15, -0.1) is 6.58 Å². The maximum Gasteiger partial charge on any atom is 0.254 e. The Labute approximate surface area is 154 Å². The van der Waals surface area contributed by atoms with Crippen LogP contribution in [-0.2, 0) is 13.0 Å². The van der Waals surface area contributed by atoms with E-state index >= 15 is 0 Å². The number of benzene rings is 2. The first-order valence-electron chi connectivity index (χ1n) is 8.28. The predicted octanol–water partition coefficient (Wildman–Crippen LogP) is 3.71. The largest absolute Gasteiger partial charge is 0.497 e. The van der Waals surface area contributed by atoms with Crippen molar-refractivity contribution in [3.63, 3.8) is 0 Å². The van der Waals surface area contributed by atoms with Gasteiger partial charge in [0.2, 0.25) is 0 Å². The fraction of sp³-hybridized carbons (Fsp3) is 0.286. The van der Waals surface area contributed by atoms with E-state index in [0.29, 0.717) is 30.0 Å². The molecule has 0 aliphatic carbocycles. The molecule has 0 saturated carbocycles. The predicted molar refractivity (Wildman–Crippen MR) is 102 cm³/mol. The second-order valence-electron chi connectivity index (χ2n) is 5.87. The number of ether oxygens (including phenoxy) is 3. The Morgan fingerprint density at radius 3 is 2.31 bits per heavy atom. The molecule has 2 rings (SSSR count). The van der Waals surface area contributed by atoms with Crippen LogP contribution in [0.3, 0.4) is 0 Å². The van der Waals surface area contributed by atoms with E-state index in [-0.39, 0.29) is 5.91 Å². The van der Waals surface area contributed by atoms with Gasteiger partial charge < -0.3 is 19.1 Å². The highest BCUT2D eigenvalue weighted by molar-refractivity contribution is 5.95. The number of amides is 1. The maximum absolute atomic E-state index is 12.9. The first-order valence-corrected chi connectivity index (χ1v) is 8.28. The van der Waals surface area contributed by atoms with Crippen LogP contribution in [0, 0.1) is 0 Å². The van der Waals surface area contributed by atoms with Crippen molar-refractivity contribution in [1.29, 1.82) is 0 Å². The van der Waals surface area contributed by atoms with Gasteiger partial charge in [-0.3, -0.25) is 4.79 Å². The smallest absolute Gasteiger partial charge is 0.254 e. The van der Waals surface area contributed by atoms with Gasteiger partial charge in [0.25, 0.3) is 5.91 Å². The molecular weight excluding hydrogens is 330 g/mol. The number of allylic oxidation sites excluding steroid dienone is 1. The summed E-state index contributed by atoms with van der Waals surface area (Å²) in [4.78, 5) is 14.5. The van der Waals surface area contributed by atoms with E-state index in [0.717, 1.165) is 16.9 Å². The first-order chi connectivity index (χ1) is 12.5. The van der Waals surface area contributed by atoms with Crippen molar-refractivity contribution >= 4 is 5.91 Å². The lowest BCUT2D eigenvalue weighted by Crippen LogP contribution is -2.26. The number of carbonyl (C=O) groups is 1. The summed E-state index contributed by atoms with van der Waals surface area (Å²) < 4.78 is 16.0. The lowest BCUT2D eigenvalue weighted by molar-refractivity contribution is 0.0784. The average molecular weight is 355 g/mol. The van der Waals surface area contributed by atoms with Gasteiger partial charge in [-0.05, 0) is 36.2 Å². The Morgan fingerprint density at radius 2 is 1.77 bits per heavy atom. The number of rotatable bonds is 8. The van der Waals surface area contributed by atoms with Crippen LogP contribution in [0.5, 0.6) is 17.2 Å². The summed E-state index contributed by atoms with van der Waals surface area (Å²) in [6, 6.07) is 11.2. The molecule has 5 heteroatoms. The van der Waals surface area contributed by atoms with Crippen LogP contribution in [0.4, 0.5) is 0 Å². The highest BCUT2D eigenvalue weighted by Crippen LogP contribution is 2.33. The molecule has 0 aromatic heterocycles. The quantitative estimate of drug-likeness (QED) is 0.677. The molecule has 0 unspecified atom stereocenters. The van der Waals surface area contributed by atoms with E-state index in [9.17, 15) is 4.79 Å². The van der Waals surface area contributed by atoms with E-state index in [4.69, 9.17) is 14.2 Å². The third-order valence-corrected chi connectivity index (χ3v) is 4.09. The molecule has 2 aromatic rings. The second-order valence-corrected chi connectivity index (χ2v) is 5.87. The fourth-order valence-corrected chi connectivity index (χ4v) is 2.77. The minimum atomic E-state index is -0.0907. The van der Waals surface area contributed by atoms with Crippen molar-refractivity contribution < 1.29 is 19.0 Å². The molecule has 26 heavy (non-hydrogen) atoms. The Kier molecular flexibility index (Phi) is 6.67. The minimum absolute atomic E-state index is 0.0907. The average Bonchev–Trinajstić information content (AvgIpc) is 2.67. The normalized spacial score (nSPS) is 10.2. The molecule has 0 aliphatic heterocycles. The van der Waals surface area contributed by atoms with Crippen molar-refractivity contribution in [2.24, 2.45) is 0 Å². The van der Waals surface area contributed by atoms with Crippen LogP contribution < -0.4 is 14.2 Å². The van der Waals surface area contributed by atoms with E-state index in [1.54, 1.807) is 45.4 Å². The van der Waals surface area contributed by atoms with Gasteiger partial charge in [-0.2, -0.15) is 0 Å². The topological polar surface area (TPSA) is 48.0 Å². The molecule has 2 aromatic carbocycles. The molecule has 0 heterocycles. The Morgan fingerprint density at radius 1 is 1.08 bits per heavy atom. The Hall–Kier alpha value is -2.95. The van der Waals surface area contributed by atoms with Gasteiger partial charge >= 0.3 is 0 Å². The van der Waals surface area contributed by atoms with E-state index in [1.165, 1.54) is 0 Å². The van der Waals surface area contributed by atoms with Crippen molar-refractivity contribution in [2.45, 2.75) is 13.0 Å². The molecule has 138 valence electrons. The van der Waals surface area contributed by atoms with Crippen molar-refractivity contribution in [2.75, 3.05) is 28.4 Å². The van der Waals surface area contributed by atoms with Crippen LogP contribution in [0.1, 0.15) is 21.5 Å². The maximum atomic E-state index is 12.9. The standard InChI is InChI=1S/C21H25NO4/c1-6-7-16-12-17(13-19(25-4)20(16)26-5)21(23)22(2)14-15-8-10-18(24-3)11-9-15/h6,8-13H,1,7,14H2,2-5H3. The number of methoxy groups -OCH3 is 3. The highest BCUT2D eigenvalue weighted by atomic mass is 16.5. The zero-order valence-electron chi connectivity index (χ0n) is 15.7. The molecule has 0 aliphatic rings. The van der Waals surface area contributed by atoms with E-state index in [1.807, 2.05) is 30.3 Å². The molecule has 0 atom stereocenters. The molecule has 0 fully saturated rings. The number of hydrogen-bond acceptors (Lipinski definition) is 4. The van der Waals surface area contributed by atoms with Crippen LogP contribution in [0.15, 0.2) is 49.1 Å². The summed E-state index contributed by atoms with van der Waals surface area (Å²) in [5.41, 5.74) is 2.44. The van der Waals surface area contributed by atoms with Gasteiger partial charge in [0.1, 0.15) is 5.75 Å². The second kappa shape index (κ2) is 8.94. The number of nitrogens with zero attached hydrogens (tertiary/aromatic N) is 1. The summed E-state index contributed by atoms with van der Waals surface area (Å²) in [5.74, 6) is 1.86. The van der Waals surface area contributed by atoms with Crippen LogP contribution >= 0.6 is 0 Å². The molecule has 0 saturated heterocycles. The van der Waals surface area contributed by atoms with E-state index < -0.39 is 0 Å². The molecule has 0 bridgehead atoms. The fourth-order valence-electron chi connectivity index (χ4n) is 2.77. The van der Waals surface area contributed by atoms with E-state index in [2.05, 4.69) is 6.58 Å². The summed E-state index contributed by atoms with van der Waals surface area (Å²) in [7, 11) is 6.55. The Bertz CT molecular complexity index is 768. The summed E-state index contributed by atoms with van der Waals surface area (Å²) in [6.45, 7) is 4.26. The zero-order chi connectivity index (χ0) is 19.1. The first kappa shape index (κ1) is 19.4. The third kappa shape index (κ3) is 4.36. The summed E-state index contributed by atoms with van der Waals surface area (Å²) in [6.07, 6.45) is 2.36. The summed E-state index contributed by atoms with van der Waals surface area (Å²) in [5, 5.41) is 0. The lowest BCUT2D eigenvalue weighted by atomic mass is 10.0. The molecule has 5 nitrogen and oxygen atoms in total. The highest BCUT2D eigenvalue weighted by Gasteiger charge is 2.18. The molecule has 0 radical (unpaired) electrons. The molecular formula is C21H25NO4. The van der Waals surface area contributed by atoms with Crippen LogP contribution in [0.2, 0.25) is 0 Å². The SMILES string of the molecule is C=CCc1cc(C(=O)N(C)Cc2ccc(OC)cc2)cc(OC)c1OC. The number of carbonyl (C=O) groups excluding carboxylic acids is 1. The van der Waals surface area contributed by atoms with Gasteiger partial charge in [-0.25, -0.2) is 0 Å². The van der Waals surface area contributed by atoms with Gasteiger partial charge in [0.15, 0.2) is 11.5 Å². The third-order valence-electron chi connectivity index (χ3n) is 4.09. The monoisotopic (exact) mass is 355 g/mol. The lowest BCUT2D eigenvalue weighted by Gasteiger charge is -2.20. The molecule has 0 N–H and O–H groups in total. The molecule has 1 amide bonds. The van der Waals surface area contributed by atoms with Gasteiger partial charge in [0, 0.05) is 24.7 Å². The van der Waals surface area contributed by atoms with Crippen molar-refractivity contribution in [3.8, 4) is 17.2 Å². The van der Waals surface area contributed by atoms with Gasteiger partial charge in [0.05, 0.1) is 21.3 Å². The number of hydrogen-bond donors (Lipinski definition) is 0. The van der Waals surface area contributed by atoms with Crippen LogP contribution in [-0.4, -0.2) is 39.2 Å². The summed E-state index contributed by atoms with van der Waals surface area (Å²) >= 11 is 0. The van der Waals surface area contributed by atoms with Crippen molar-refractivity contribution in [1.82, 2.24) is 4.90 Å². The minimum Gasteiger partial charge on any atom is -0.497 e. The Balaban J connectivity index is 2.26. The van der Waals surface area contributed by atoms with Gasteiger partial charge in [-0.1, -0.05) is 18.2 Å². The molecule has 0 spiro atoms. The van der Waals surface area contributed by atoms with Crippen LogP contribution in [0.25, 0.3) is 0 Å².